The van der Waals surface area contributed by atoms with Gasteiger partial charge < -0.3 is 16.0 Å². The van der Waals surface area contributed by atoms with Crippen molar-refractivity contribution in [1.82, 2.24) is 15.3 Å². The van der Waals surface area contributed by atoms with Crippen LogP contribution in [0.2, 0.25) is 0 Å². The molecule has 1 unspecified atom stereocenters. The maximum absolute atomic E-state index is 6.12. The molecular weight excluding hydrogens is 300 g/mol. The molecule has 0 radical (unpaired) electrons. The van der Waals surface area contributed by atoms with Gasteiger partial charge in [-0.05, 0) is 37.7 Å². The van der Waals surface area contributed by atoms with E-state index in [2.05, 4.69) is 25.2 Å². The number of nitrogens with one attached hydrogen (secondary N) is 1. The summed E-state index contributed by atoms with van der Waals surface area (Å²) in [6, 6.07) is 2.37. The fourth-order valence-electron chi connectivity index (χ4n) is 3.76. The molecule has 24 heavy (non-hydrogen) atoms. The van der Waals surface area contributed by atoms with Gasteiger partial charge >= 0.3 is 0 Å². The molecule has 6 nitrogen and oxygen atoms in total. The molecule has 2 fully saturated rings. The van der Waals surface area contributed by atoms with E-state index in [1.165, 1.54) is 44.9 Å². The maximum atomic E-state index is 6.12. The van der Waals surface area contributed by atoms with Crippen LogP contribution in [-0.4, -0.2) is 41.6 Å². The number of anilines is 1. The molecular formula is C18H30N6. The van der Waals surface area contributed by atoms with E-state index in [9.17, 15) is 0 Å². The molecule has 1 aliphatic carbocycles. The van der Waals surface area contributed by atoms with Crippen molar-refractivity contribution in [3.05, 3.63) is 18.5 Å². The van der Waals surface area contributed by atoms with Crippen molar-refractivity contribution < 1.29 is 0 Å². The van der Waals surface area contributed by atoms with Gasteiger partial charge in [0.05, 0.1) is 0 Å². The SMILES string of the molecule is NC(=NCC1CCCN(c2ncccn2)C1)NC1CCCCCC1. The Morgan fingerprint density at radius 2 is 1.88 bits per heavy atom. The molecule has 0 bridgehead atoms. The molecule has 1 saturated heterocycles. The molecule has 0 amide bonds. The van der Waals surface area contributed by atoms with Crippen LogP contribution in [0.1, 0.15) is 51.4 Å². The summed E-state index contributed by atoms with van der Waals surface area (Å²) in [6.45, 7) is 2.78. The molecule has 1 atom stereocenters. The Kier molecular flexibility index (Phi) is 6.26. The summed E-state index contributed by atoms with van der Waals surface area (Å²) >= 11 is 0. The molecule has 3 rings (SSSR count). The Bertz CT molecular complexity index is 510. The Labute approximate surface area is 145 Å². The highest BCUT2D eigenvalue weighted by Crippen LogP contribution is 2.20. The minimum absolute atomic E-state index is 0.511. The second-order valence-electron chi connectivity index (χ2n) is 7.06. The van der Waals surface area contributed by atoms with Gasteiger partial charge in [0.1, 0.15) is 0 Å². The van der Waals surface area contributed by atoms with Gasteiger partial charge in [-0.25, -0.2) is 9.97 Å². The number of nitrogens with two attached hydrogens (primary N) is 1. The lowest BCUT2D eigenvalue weighted by atomic mass is 9.98. The minimum atomic E-state index is 0.511. The second-order valence-corrected chi connectivity index (χ2v) is 7.06. The topological polar surface area (TPSA) is 79.4 Å². The Morgan fingerprint density at radius 1 is 1.12 bits per heavy atom. The van der Waals surface area contributed by atoms with Crippen LogP contribution in [0, 0.1) is 5.92 Å². The van der Waals surface area contributed by atoms with Crippen LogP contribution in [0.3, 0.4) is 0 Å². The molecule has 2 heterocycles. The van der Waals surface area contributed by atoms with Crippen molar-refractivity contribution in [3.8, 4) is 0 Å². The molecule has 1 aromatic heterocycles. The van der Waals surface area contributed by atoms with Gasteiger partial charge in [0.25, 0.3) is 0 Å². The largest absolute Gasteiger partial charge is 0.370 e. The highest BCUT2D eigenvalue weighted by Gasteiger charge is 2.21. The predicted molar refractivity (Wildman–Crippen MR) is 98.1 cm³/mol. The summed E-state index contributed by atoms with van der Waals surface area (Å²) in [5, 5.41) is 3.43. The van der Waals surface area contributed by atoms with E-state index in [1.54, 1.807) is 12.4 Å². The summed E-state index contributed by atoms with van der Waals surface area (Å²) in [6.07, 6.45) is 13.7. The zero-order chi connectivity index (χ0) is 16.6. The fourth-order valence-corrected chi connectivity index (χ4v) is 3.76. The second kappa shape index (κ2) is 8.85. The van der Waals surface area contributed by atoms with E-state index in [0.717, 1.165) is 32.0 Å². The fraction of sp³-hybridized carbons (Fsp3) is 0.722. The quantitative estimate of drug-likeness (QED) is 0.503. The van der Waals surface area contributed by atoms with Gasteiger partial charge in [-0.2, -0.15) is 0 Å². The highest BCUT2D eigenvalue weighted by molar-refractivity contribution is 5.78. The van der Waals surface area contributed by atoms with E-state index < -0.39 is 0 Å². The molecule has 132 valence electrons. The van der Waals surface area contributed by atoms with Gasteiger partial charge in [-0.15, -0.1) is 0 Å². The van der Waals surface area contributed by atoms with E-state index in [0.29, 0.717) is 17.9 Å². The summed E-state index contributed by atoms with van der Waals surface area (Å²) in [5.41, 5.74) is 6.12. The van der Waals surface area contributed by atoms with Gasteiger partial charge in [0, 0.05) is 38.1 Å². The molecule has 1 saturated carbocycles. The number of piperidine rings is 1. The minimum Gasteiger partial charge on any atom is -0.370 e. The Morgan fingerprint density at radius 3 is 2.62 bits per heavy atom. The van der Waals surface area contributed by atoms with Gasteiger partial charge in [-0.3, -0.25) is 4.99 Å². The molecule has 1 aliphatic heterocycles. The molecule has 3 N–H and O–H groups in total. The van der Waals surface area contributed by atoms with Crippen molar-refractivity contribution in [2.75, 3.05) is 24.5 Å². The lowest BCUT2D eigenvalue weighted by Gasteiger charge is -2.32. The standard InChI is InChI=1S/C18H30N6/c19-17(23-16-8-3-1-2-4-9-16)22-13-15-7-5-12-24(14-15)18-20-10-6-11-21-18/h6,10-11,15-16H,1-5,7-9,12-14H2,(H3,19,22,23). The van der Waals surface area contributed by atoms with Crippen molar-refractivity contribution in [2.45, 2.75) is 57.4 Å². The van der Waals surface area contributed by atoms with Crippen LogP contribution >= 0.6 is 0 Å². The highest BCUT2D eigenvalue weighted by atomic mass is 15.3. The number of aromatic nitrogens is 2. The van der Waals surface area contributed by atoms with Gasteiger partial charge in [0.2, 0.25) is 5.95 Å². The predicted octanol–water partition coefficient (Wildman–Crippen LogP) is 2.32. The zero-order valence-electron chi connectivity index (χ0n) is 14.5. The van der Waals surface area contributed by atoms with Crippen LogP contribution in [0.25, 0.3) is 0 Å². The molecule has 0 aromatic carbocycles. The van der Waals surface area contributed by atoms with E-state index in [4.69, 9.17) is 5.73 Å². The van der Waals surface area contributed by atoms with E-state index in [1.807, 2.05) is 6.07 Å². The first-order valence-electron chi connectivity index (χ1n) is 9.39. The normalized spacial score (nSPS) is 23.8. The van der Waals surface area contributed by atoms with E-state index in [-0.39, 0.29) is 0 Å². The number of hydrogen-bond donors (Lipinski definition) is 2. The monoisotopic (exact) mass is 330 g/mol. The molecule has 0 spiro atoms. The zero-order valence-corrected chi connectivity index (χ0v) is 14.5. The summed E-state index contributed by atoms with van der Waals surface area (Å²) in [7, 11) is 0. The van der Waals surface area contributed by atoms with Crippen LogP contribution in [-0.2, 0) is 0 Å². The maximum Gasteiger partial charge on any atom is 0.225 e. The summed E-state index contributed by atoms with van der Waals surface area (Å²) < 4.78 is 0. The molecule has 1 aromatic rings. The lowest BCUT2D eigenvalue weighted by Crippen LogP contribution is -2.41. The van der Waals surface area contributed by atoms with Crippen LogP contribution in [0.5, 0.6) is 0 Å². The lowest BCUT2D eigenvalue weighted by molar-refractivity contribution is 0.419. The summed E-state index contributed by atoms with van der Waals surface area (Å²) in [5.74, 6) is 1.97. The molecule has 6 heteroatoms. The van der Waals surface area contributed by atoms with Crippen LogP contribution < -0.4 is 16.0 Å². The third-order valence-electron chi connectivity index (χ3n) is 5.08. The van der Waals surface area contributed by atoms with Crippen molar-refractivity contribution >= 4 is 11.9 Å². The first kappa shape index (κ1) is 17.0. The van der Waals surface area contributed by atoms with Gasteiger partial charge in [0.15, 0.2) is 5.96 Å². The first-order chi connectivity index (χ1) is 11.8. The van der Waals surface area contributed by atoms with Gasteiger partial charge in [-0.1, -0.05) is 25.7 Å². The molecule has 2 aliphatic rings. The number of nitrogens with zero attached hydrogens (tertiary/aromatic N) is 4. The Balaban J connectivity index is 1.48. The van der Waals surface area contributed by atoms with Crippen molar-refractivity contribution in [2.24, 2.45) is 16.6 Å². The van der Waals surface area contributed by atoms with Crippen LogP contribution in [0.4, 0.5) is 5.95 Å². The number of guanidine groups is 1. The average Bonchev–Trinajstić information content (AvgIpc) is 2.90. The summed E-state index contributed by atoms with van der Waals surface area (Å²) in [4.78, 5) is 15.6. The van der Waals surface area contributed by atoms with E-state index >= 15 is 0 Å². The number of rotatable bonds is 4. The average molecular weight is 330 g/mol. The van der Waals surface area contributed by atoms with Crippen molar-refractivity contribution in [1.29, 1.82) is 0 Å². The number of hydrogen-bond acceptors (Lipinski definition) is 4. The third kappa shape index (κ3) is 5.08. The smallest absolute Gasteiger partial charge is 0.225 e. The number of aliphatic imine (C=N–C) groups is 1. The first-order valence-corrected chi connectivity index (χ1v) is 9.39. The van der Waals surface area contributed by atoms with Crippen LogP contribution in [0.15, 0.2) is 23.5 Å². The van der Waals surface area contributed by atoms with Crippen molar-refractivity contribution in [3.63, 3.8) is 0 Å². The third-order valence-corrected chi connectivity index (χ3v) is 5.08. The Hall–Kier alpha value is -1.85.